The summed E-state index contributed by atoms with van der Waals surface area (Å²) in [7, 11) is 0. The summed E-state index contributed by atoms with van der Waals surface area (Å²) >= 11 is 6.01. The highest BCUT2D eigenvalue weighted by Gasteiger charge is 2.39. The predicted octanol–water partition coefficient (Wildman–Crippen LogP) is 2.71. The third kappa shape index (κ3) is 3.39. The quantitative estimate of drug-likeness (QED) is 0.682. The average molecular weight is 326 g/mol. The first-order valence-corrected chi connectivity index (χ1v) is 7.59. The maximum atomic E-state index is 12.4. The van der Waals surface area contributed by atoms with Gasteiger partial charge in [-0.2, -0.15) is 0 Å². The topological polar surface area (TPSA) is 75.5 Å². The van der Waals surface area contributed by atoms with Crippen molar-refractivity contribution in [3.63, 3.8) is 0 Å². The van der Waals surface area contributed by atoms with Crippen LogP contribution in [0, 0.1) is 15.5 Å². The van der Waals surface area contributed by atoms with E-state index in [1.54, 1.807) is 0 Å². The van der Waals surface area contributed by atoms with Crippen molar-refractivity contribution in [3.05, 3.63) is 38.9 Å². The molecule has 0 spiro atoms. The molecule has 1 heterocycles. The van der Waals surface area contributed by atoms with Gasteiger partial charge in [0.2, 0.25) is 0 Å². The molecular weight excluding hydrogens is 306 g/mol. The number of hydrogen-bond acceptors (Lipinski definition) is 4. The van der Waals surface area contributed by atoms with E-state index in [2.05, 4.69) is 31.0 Å². The lowest BCUT2D eigenvalue weighted by atomic mass is 9.87. The number of halogens is 1. The fourth-order valence-corrected chi connectivity index (χ4v) is 3.04. The first-order valence-electron chi connectivity index (χ1n) is 7.21. The fraction of sp³-hybridized carbons (Fsp3) is 0.533. The van der Waals surface area contributed by atoms with Gasteiger partial charge in [-0.1, -0.05) is 32.4 Å². The Morgan fingerprint density at radius 1 is 1.55 bits per heavy atom. The maximum absolute atomic E-state index is 12.4. The van der Waals surface area contributed by atoms with Crippen LogP contribution in [-0.4, -0.2) is 41.4 Å². The summed E-state index contributed by atoms with van der Waals surface area (Å²) in [6, 6.07) is 3.91. The van der Waals surface area contributed by atoms with Crippen molar-refractivity contribution >= 4 is 23.2 Å². The molecule has 120 valence electrons. The molecule has 22 heavy (non-hydrogen) atoms. The van der Waals surface area contributed by atoms with E-state index in [-0.39, 0.29) is 33.6 Å². The molecule has 1 aliphatic heterocycles. The highest BCUT2D eigenvalue weighted by Crippen LogP contribution is 2.30. The van der Waals surface area contributed by atoms with Gasteiger partial charge in [-0.3, -0.25) is 14.9 Å². The largest absolute Gasteiger partial charge is 0.347 e. The van der Waals surface area contributed by atoms with Crippen molar-refractivity contribution < 1.29 is 9.72 Å². The second-order valence-corrected chi connectivity index (χ2v) is 6.67. The molecule has 7 heteroatoms. The van der Waals surface area contributed by atoms with Crippen LogP contribution in [0.3, 0.4) is 0 Å². The van der Waals surface area contributed by atoms with Crippen LogP contribution in [0.2, 0.25) is 5.02 Å². The summed E-state index contributed by atoms with van der Waals surface area (Å²) in [6.45, 7) is 8.97. The third-order valence-electron chi connectivity index (χ3n) is 4.18. The standard InChI is InChI=1S/C15H20ClN3O3/c1-4-18-8-13(15(2,3)9-18)17-14(20)11-6-5-10(19(21)22)7-12(11)16/h5-7,13H,4,8-9H2,1-3H3,(H,17,20). The summed E-state index contributed by atoms with van der Waals surface area (Å²) < 4.78 is 0. The minimum atomic E-state index is -0.535. The lowest BCUT2D eigenvalue weighted by molar-refractivity contribution is -0.384. The van der Waals surface area contributed by atoms with Crippen molar-refractivity contribution in [3.8, 4) is 0 Å². The van der Waals surface area contributed by atoms with Crippen LogP contribution in [-0.2, 0) is 0 Å². The van der Waals surface area contributed by atoms with Gasteiger partial charge < -0.3 is 10.2 Å². The number of amides is 1. The molecule has 0 aromatic heterocycles. The first-order chi connectivity index (χ1) is 10.2. The van der Waals surface area contributed by atoms with Gasteiger partial charge in [-0.25, -0.2) is 0 Å². The Kier molecular flexibility index (Phi) is 4.72. The van der Waals surface area contributed by atoms with E-state index in [0.29, 0.717) is 0 Å². The molecular formula is C15H20ClN3O3. The maximum Gasteiger partial charge on any atom is 0.270 e. The number of nitro groups is 1. The summed E-state index contributed by atoms with van der Waals surface area (Å²) in [5.41, 5.74) is 0.108. The molecule has 1 aliphatic rings. The summed E-state index contributed by atoms with van der Waals surface area (Å²) in [6.07, 6.45) is 0. The van der Waals surface area contributed by atoms with Gasteiger partial charge in [-0.05, 0) is 18.0 Å². The Balaban J connectivity index is 2.14. The highest BCUT2D eigenvalue weighted by molar-refractivity contribution is 6.34. The number of carbonyl (C=O) groups is 1. The van der Waals surface area contributed by atoms with Crippen LogP contribution in [0.25, 0.3) is 0 Å². The number of hydrogen-bond donors (Lipinski definition) is 1. The monoisotopic (exact) mass is 325 g/mol. The summed E-state index contributed by atoms with van der Waals surface area (Å²) in [4.78, 5) is 24.9. The second kappa shape index (κ2) is 6.22. The van der Waals surface area contributed by atoms with E-state index < -0.39 is 4.92 Å². The SMILES string of the molecule is CCN1CC(NC(=O)c2ccc([N+](=O)[O-])cc2Cl)C(C)(C)C1. The second-order valence-electron chi connectivity index (χ2n) is 6.26. The number of rotatable bonds is 4. The number of nitrogens with one attached hydrogen (secondary N) is 1. The normalized spacial score (nSPS) is 20.8. The molecule has 0 aliphatic carbocycles. The number of carbonyl (C=O) groups excluding carboxylic acids is 1. The molecule has 1 aromatic rings. The smallest absolute Gasteiger partial charge is 0.270 e. The third-order valence-corrected chi connectivity index (χ3v) is 4.49. The number of nitrogens with zero attached hydrogens (tertiary/aromatic N) is 2. The molecule has 0 radical (unpaired) electrons. The molecule has 1 N–H and O–H groups in total. The van der Waals surface area contributed by atoms with Crippen LogP contribution >= 0.6 is 11.6 Å². The number of benzene rings is 1. The van der Waals surface area contributed by atoms with Gasteiger partial charge in [0.25, 0.3) is 11.6 Å². The molecule has 1 amide bonds. The van der Waals surface area contributed by atoms with Crippen LogP contribution < -0.4 is 5.32 Å². The van der Waals surface area contributed by atoms with Gasteiger partial charge in [0.1, 0.15) is 0 Å². The summed E-state index contributed by atoms with van der Waals surface area (Å²) in [5.74, 6) is -0.295. The molecule has 1 aromatic carbocycles. The molecule has 1 unspecified atom stereocenters. The van der Waals surface area contributed by atoms with Crippen molar-refractivity contribution in [2.24, 2.45) is 5.41 Å². The van der Waals surface area contributed by atoms with Crippen molar-refractivity contribution in [1.29, 1.82) is 0 Å². The number of non-ortho nitro benzene ring substituents is 1. The minimum Gasteiger partial charge on any atom is -0.347 e. The van der Waals surface area contributed by atoms with Gasteiger partial charge in [0.05, 0.1) is 15.5 Å². The molecule has 1 saturated heterocycles. The van der Waals surface area contributed by atoms with Crippen molar-refractivity contribution in [1.82, 2.24) is 10.2 Å². The zero-order valence-electron chi connectivity index (χ0n) is 12.9. The van der Waals surface area contributed by atoms with Crippen LogP contribution in [0.15, 0.2) is 18.2 Å². The Labute approximate surface area is 134 Å². The highest BCUT2D eigenvalue weighted by atomic mass is 35.5. The molecule has 0 bridgehead atoms. The lowest BCUT2D eigenvalue weighted by Crippen LogP contribution is -2.44. The minimum absolute atomic E-state index is 0.0196. The van der Waals surface area contributed by atoms with Gasteiger partial charge in [0.15, 0.2) is 0 Å². The van der Waals surface area contributed by atoms with Crippen molar-refractivity contribution in [2.45, 2.75) is 26.8 Å². The predicted molar refractivity (Wildman–Crippen MR) is 85.3 cm³/mol. The van der Waals surface area contributed by atoms with E-state index in [4.69, 9.17) is 11.6 Å². The van der Waals surface area contributed by atoms with E-state index in [9.17, 15) is 14.9 Å². The van der Waals surface area contributed by atoms with E-state index >= 15 is 0 Å². The van der Waals surface area contributed by atoms with Crippen LogP contribution in [0.5, 0.6) is 0 Å². The van der Waals surface area contributed by atoms with E-state index in [1.807, 2.05) is 0 Å². The Bertz CT molecular complexity index is 604. The Morgan fingerprint density at radius 3 is 2.73 bits per heavy atom. The molecule has 6 nitrogen and oxygen atoms in total. The number of nitro benzene ring substituents is 1. The van der Waals surface area contributed by atoms with E-state index in [1.165, 1.54) is 18.2 Å². The summed E-state index contributed by atoms with van der Waals surface area (Å²) in [5, 5.41) is 13.8. The van der Waals surface area contributed by atoms with Gasteiger partial charge in [0, 0.05) is 31.3 Å². The molecule has 1 fully saturated rings. The molecule has 1 atom stereocenters. The van der Waals surface area contributed by atoms with Crippen LogP contribution in [0.1, 0.15) is 31.1 Å². The fourth-order valence-electron chi connectivity index (χ4n) is 2.78. The van der Waals surface area contributed by atoms with Crippen molar-refractivity contribution in [2.75, 3.05) is 19.6 Å². The zero-order valence-corrected chi connectivity index (χ0v) is 13.7. The molecule has 0 saturated carbocycles. The lowest BCUT2D eigenvalue weighted by Gasteiger charge is -2.26. The molecule has 2 rings (SSSR count). The zero-order chi connectivity index (χ0) is 16.5. The number of likely N-dealkylation sites (tertiary alicyclic amines) is 1. The average Bonchev–Trinajstić information content (AvgIpc) is 2.73. The Morgan fingerprint density at radius 2 is 2.23 bits per heavy atom. The Hall–Kier alpha value is -1.66. The van der Waals surface area contributed by atoms with E-state index in [0.717, 1.165) is 19.6 Å². The first kappa shape index (κ1) is 16.7. The van der Waals surface area contributed by atoms with Crippen LogP contribution in [0.4, 0.5) is 5.69 Å². The van der Waals surface area contributed by atoms with Gasteiger partial charge in [-0.15, -0.1) is 0 Å². The van der Waals surface area contributed by atoms with Gasteiger partial charge >= 0.3 is 0 Å². The number of likely N-dealkylation sites (N-methyl/N-ethyl adjacent to an activating group) is 1.